The summed E-state index contributed by atoms with van der Waals surface area (Å²) in [6.45, 7) is -0.366. The molecule has 0 atom stereocenters. The SMILES string of the molecule is O=S(=O)(Nc1ccc2sccc2c1)c1cc(CO)oc1Br. The largest absolute Gasteiger partial charge is 0.450 e. The van der Waals surface area contributed by atoms with Crippen molar-refractivity contribution < 1.29 is 17.9 Å². The van der Waals surface area contributed by atoms with E-state index in [9.17, 15) is 8.42 Å². The predicted octanol–water partition coefficient (Wildman–Crippen LogP) is 3.55. The van der Waals surface area contributed by atoms with E-state index in [4.69, 9.17) is 9.52 Å². The van der Waals surface area contributed by atoms with Crippen molar-refractivity contribution in [3.63, 3.8) is 0 Å². The second kappa shape index (κ2) is 5.45. The van der Waals surface area contributed by atoms with Gasteiger partial charge in [-0.25, -0.2) is 8.42 Å². The maximum atomic E-state index is 12.3. The first-order valence-corrected chi connectivity index (χ1v) is 9.04. The topological polar surface area (TPSA) is 79.5 Å². The molecule has 1 aromatic carbocycles. The number of rotatable bonds is 4. The summed E-state index contributed by atoms with van der Waals surface area (Å²) >= 11 is 4.64. The Morgan fingerprint density at radius 1 is 1.29 bits per heavy atom. The van der Waals surface area contributed by atoms with E-state index in [1.807, 2.05) is 17.5 Å². The molecule has 0 fully saturated rings. The van der Waals surface area contributed by atoms with Gasteiger partial charge in [0.25, 0.3) is 10.0 Å². The molecule has 2 N–H and O–H groups in total. The number of sulfonamides is 1. The van der Waals surface area contributed by atoms with E-state index >= 15 is 0 Å². The number of thiophene rings is 1. The van der Waals surface area contributed by atoms with Gasteiger partial charge in [0.2, 0.25) is 0 Å². The number of furan rings is 1. The zero-order valence-corrected chi connectivity index (χ0v) is 13.8. The third-order valence-electron chi connectivity index (χ3n) is 2.86. The van der Waals surface area contributed by atoms with Crippen molar-refractivity contribution in [3.8, 4) is 0 Å². The maximum Gasteiger partial charge on any atom is 0.266 e. The summed E-state index contributed by atoms with van der Waals surface area (Å²) in [5, 5.41) is 11.9. The first-order valence-electron chi connectivity index (χ1n) is 5.89. The molecule has 21 heavy (non-hydrogen) atoms. The fourth-order valence-corrected chi connectivity index (χ4v) is 4.72. The van der Waals surface area contributed by atoms with E-state index in [0.29, 0.717) is 5.69 Å². The van der Waals surface area contributed by atoms with Crippen LogP contribution < -0.4 is 4.72 Å². The highest BCUT2D eigenvalue weighted by Gasteiger charge is 2.22. The van der Waals surface area contributed by atoms with E-state index in [1.165, 1.54) is 6.07 Å². The molecule has 0 amide bonds. The lowest BCUT2D eigenvalue weighted by atomic mass is 10.2. The number of hydrogen-bond acceptors (Lipinski definition) is 5. The van der Waals surface area contributed by atoms with Crippen LogP contribution in [0.15, 0.2) is 49.7 Å². The van der Waals surface area contributed by atoms with Gasteiger partial charge in [0.15, 0.2) is 4.67 Å². The Bertz CT molecular complexity index is 898. The predicted molar refractivity (Wildman–Crippen MR) is 85.0 cm³/mol. The van der Waals surface area contributed by atoms with Crippen molar-refractivity contribution >= 4 is 53.1 Å². The van der Waals surface area contributed by atoms with E-state index in [-0.39, 0.29) is 21.9 Å². The van der Waals surface area contributed by atoms with Crippen molar-refractivity contribution in [2.45, 2.75) is 11.5 Å². The minimum atomic E-state index is -3.78. The number of aliphatic hydroxyl groups excluding tert-OH is 1. The molecule has 3 aromatic rings. The Morgan fingerprint density at radius 2 is 2.10 bits per heavy atom. The van der Waals surface area contributed by atoms with Crippen molar-refractivity contribution in [3.05, 3.63) is 46.1 Å². The Balaban J connectivity index is 1.96. The summed E-state index contributed by atoms with van der Waals surface area (Å²) in [7, 11) is -3.78. The fraction of sp³-hybridized carbons (Fsp3) is 0.0769. The molecule has 5 nitrogen and oxygen atoms in total. The Labute approximate surface area is 133 Å². The Morgan fingerprint density at radius 3 is 2.81 bits per heavy atom. The molecular weight excluding hydrogens is 378 g/mol. The monoisotopic (exact) mass is 387 g/mol. The van der Waals surface area contributed by atoms with Crippen LogP contribution in [0.4, 0.5) is 5.69 Å². The highest BCUT2D eigenvalue weighted by molar-refractivity contribution is 9.10. The minimum Gasteiger partial charge on any atom is -0.450 e. The number of fused-ring (bicyclic) bond motifs is 1. The van der Waals surface area contributed by atoms with Gasteiger partial charge in [-0.3, -0.25) is 4.72 Å². The van der Waals surface area contributed by atoms with Crippen LogP contribution in [0.25, 0.3) is 10.1 Å². The van der Waals surface area contributed by atoms with Gasteiger partial charge in [0, 0.05) is 16.5 Å². The Hall–Kier alpha value is -1.35. The highest BCUT2D eigenvalue weighted by atomic mass is 79.9. The summed E-state index contributed by atoms with van der Waals surface area (Å²) in [6.07, 6.45) is 0. The second-order valence-electron chi connectivity index (χ2n) is 4.29. The van der Waals surface area contributed by atoms with Crippen molar-refractivity contribution in [1.82, 2.24) is 0 Å². The first-order chi connectivity index (χ1) is 9.99. The number of nitrogens with one attached hydrogen (secondary N) is 1. The standard InChI is InChI=1S/C13H10BrNO4S2/c14-13-12(6-10(7-16)19-13)21(17,18)15-9-1-2-11-8(5-9)3-4-20-11/h1-6,15-16H,7H2. The molecular formula is C13H10BrNO4S2. The van der Waals surface area contributed by atoms with E-state index < -0.39 is 10.0 Å². The van der Waals surface area contributed by atoms with Crippen LogP contribution in [0.5, 0.6) is 0 Å². The summed E-state index contributed by atoms with van der Waals surface area (Å²) in [5.74, 6) is 0.176. The number of anilines is 1. The van der Waals surface area contributed by atoms with Crippen LogP contribution in [0.1, 0.15) is 5.76 Å². The van der Waals surface area contributed by atoms with Crippen LogP contribution in [0.3, 0.4) is 0 Å². The maximum absolute atomic E-state index is 12.3. The summed E-state index contributed by atoms with van der Waals surface area (Å²) in [4.78, 5) is -0.0445. The third-order valence-corrected chi connectivity index (χ3v) is 5.99. The number of hydrogen-bond donors (Lipinski definition) is 2. The van der Waals surface area contributed by atoms with Gasteiger partial charge in [-0.2, -0.15) is 0 Å². The summed E-state index contributed by atoms with van der Waals surface area (Å²) < 4.78 is 33.4. The lowest BCUT2D eigenvalue weighted by Gasteiger charge is -2.06. The van der Waals surface area contributed by atoms with E-state index in [2.05, 4.69) is 20.7 Å². The summed E-state index contributed by atoms with van der Waals surface area (Å²) in [6, 6.07) is 8.55. The van der Waals surface area contributed by atoms with Gasteiger partial charge in [-0.05, 0) is 51.0 Å². The third kappa shape index (κ3) is 2.84. The lowest BCUT2D eigenvalue weighted by molar-refractivity contribution is 0.245. The molecule has 2 aromatic heterocycles. The lowest BCUT2D eigenvalue weighted by Crippen LogP contribution is -2.12. The zero-order chi connectivity index (χ0) is 15.0. The molecule has 0 bridgehead atoms. The average Bonchev–Trinajstić information content (AvgIpc) is 3.04. The zero-order valence-electron chi connectivity index (χ0n) is 10.5. The molecule has 0 aliphatic carbocycles. The molecule has 0 radical (unpaired) electrons. The molecule has 0 aliphatic heterocycles. The molecule has 0 saturated heterocycles. The van der Waals surface area contributed by atoms with E-state index in [0.717, 1.165) is 10.1 Å². The molecule has 110 valence electrons. The van der Waals surface area contributed by atoms with Crippen molar-refractivity contribution in [1.29, 1.82) is 0 Å². The van der Waals surface area contributed by atoms with Crippen molar-refractivity contribution in [2.75, 3.05) is 4.72 Å². The molecule has 2 heterocycles. The van der Waals surface area contributed by atoms with Crippen LogP contribution in [-0.2, 0) is 16.6 Å². The minimum absolute atomic E-state index is 0.0445. The van der Waals surface area contributed by atoms with Crippen LogP contribution in [0, 0.1) is 0 Å². The number of benzene rings is 1. The van der Waals surface area contributed by atoms with Gasteiger partial charge >= 0.3 is 0 Å². The fourth-order valence-electron chi connectivity index (χ4n) is 1.90. The average molecular weight is 388 g/mol. The summed E-state index contributed by atoms with van der Waals surface area (Å²) in [5.41, 5.74) is 0.472. The number of aliphatic hydroxyl groups is 1. The quantitative estimate of drug-likeness (QED) is 0.717. The molecule has 0 saturated carbocycles. The molecule has 0 spiro atoms. The van der Waals surface area contributed by atoms with Crippen molar-refractivity contribution in [2.24, 2.45) is 0 Å². The second-order valence-corrected chi connectivity index (χ2v) is 7.61. The van der Waals surface area contributed by atoms with Gasteiger partial charge in [0.05, 0.1) is 0 Å². The Kier molecular flexibility index (Phi) is 3.78. The van der Waals surface area contributed by atoms with Gasteiger partial charge in [-0.1, -0.05) is 0 Å². The van der Waals surface area contributed by atoms with Crippen LogP contribution in [-0.4, -0.2) is 13.5 Å². The number of halogens is 1. The first kappa shape index (κ1) is 14.6. The smallest absolute Gasteiger partial charge is 0.266 e. The van der Waals surface area contributed by atoms with Crippen LogP contribution >= 0.6 is 27.3 Å². The highest BCUT2D eigenvalue weighted by Crippen LogP contribution is 2.29. The molecule has 0 aliphatic rings. The van der Waals surface area contributed by atoms with Crippen LogP contribution in [0.2, 0.25) is 0 Å². The normalized spacial score (nSPS) is 11.9. The van der Waals surface area contributed by atoms with Gasteiger partial charge in [0.1, 0.15) is 17.3 Å². The van der Waals surface area contributed by atoms with Gasteiger partial charge < -0.3 is 9.52 Å². The molecule has 0 unspecified atom stereocenters. The molecule has 8 heteroatoms. The van der Waals surface area contributed by atoms with Gasteiger partial charge in [-0.15, -0.1) is 11.3 Å². The molecule has 3 rings (SSSR count). The van der Waals surface area contributed by atoms with E-state index in [1.54, 1.807) is 23.5 Å².